The molecule has 1 aromatic heterocycles. The van der Waals surface area contributed by atoms with E-state index in [0.717, 1.165) is 31.6 Å². The van der Waals surface area contributed by atoms with Crippen molar-refractivity contribution in [3.8, 4) is 5.88 Å². The Labute approximate surface area is 145 Å². The molecule has 1 aromatic carbocycles. The van der Waals surface area contributed by atoms with Crippen molar-refractivity contribution < 1.29 is 13.9 Å². The topological polar surface area (TPSA) is 68.3 Å². The lowest BCUT2D eigenvalue weighted by molar-refractivity contribution is -0.0132. The van der Waals surface area contributed by atoms with Gasteiger partial charge in [0, 0.05) is 31.0 Å². The highest BCUT2D eigenvalue weighted by Crippen LogP contribution is 2.25. The maximum atomic E-state index is 14.0. The van der Waals surface area contributed by atoms with Crippen molar-refractivity contribution in [3.63, 3.8) is 0 Å². The molecular formula is C18H21FN4O2. The average Bonchev–Trinajstić information content (AvgIpc) is 2.57. The number of aromatic nitrogens is 2. The van der Waals surface area contributed by atoms with Crippen molar-refractivity contribution in [2.45, 2.75) is 38.0 Å². The molecule has 0 spiro atoms. The molecule has 132 valence electrons. The van der Waals surface area contributed by atoms with Gasteiger partial charge in [0.2, 0.25) is 5.88 Å². The van der Waals surface area contributed by atoms with Crippen LogP contribution in [-0.4, -0.2) is 41.4 Å². The van der Waals surface area contributed by atoms with Crippen molar-refractivity contribution in [2.75, 3.05) is 18.5 Å². The summed E-state index contributed by atoms with van der Waals surface area (Å²) in [4.78, 5) is 8.33. The molecule has 0 aliphatic carbocycles. The Morgan fingerprint density at radius 1 is 1.20 bits per heavy atom. The van der Waals surface area contributed by atoms with E-state index in [0.29, 0.717) is 29.5 Å². The Bertz CT molecular complexity index is 746. The van der Waals surface area contributed by atoms with Gasteiger partial charge in [-0.1, -0.05) is 6.07 Å². The van der Waals surface area contributed by atoms with Gasteiger partial charge >= 0.3 is 0 Å². The Morgan fingerprint density at radius 2 is 2.00 bits per heavy atom. The average molecular weight is 344 g/mol. The number of hydrogen-bond acceptors (Lipinski definition) is 6. The summed E-state index contributed by atoms with van der Waals surface area (Å²) < 4.78 is 25.6. The van der Waals surface area contributed by atoms with E-state index in [1.54, 1.807) is 12.1 Å². The fourth-order valence-electron chi connectivity index (χ4n) is 3.38. The Morgan fingerprint density at radius 3 is 2.76 bits per heavy atom. The number of hydrogen-bond donors (Lipinski definition) is 2. The Kier molecular flexibility index (Phi) is 4.50. The van der Waals surface area contributed by atoms with Crippen LogP contribution in [0.4, 0.5) is 15.9 Å². The van der Waals surface area contributed by atoms with Crippen LogP contribution in [0.1, 0.15) is 18.4 Å². The quantitative estimate of drug-likeness (QED) is 0.888. The van der Waals surface area contributed by atoms with Crippen LogP contribution in [0.5, 0.6) is 5.88 Å². The number of anilines is 2. The highest BCUT2D eigenvalue weighted by atomic mass is 19.1. The third-order valence-electron chi connectivity index (χ3n) is 4.52. The van der Waals surface area contributed by atoms with Gasteiger partial charge in [0.1, 0.15) is 24.1 Å². The number of nitrogens with one attached hydrogen (secondary N) is 2. The number of morpholine rings is 1. The molecule has 3 heterocycles. The second-order valence-electron chi connectivity index (χ2n) is 6.66. The molecule has 6 nitrogen and oxygen atoms in total. The SMILES string of the molecule is Cc1ccc(Nc2cc(OC3CC4COCC(C3)N4)ncn2)c(F)c1. The van der Waals surface area contributed by atoms with Crippen LogP contribution < -0.4 is 15.4 Å². The van der Waals surface area contributed by atoms with Gasteiger partial charge in [-0.25, -0.2) is 14.4 Å². The summed E-state index contributed by atoms with van der Waals surface area (Å²) in [6.45, 7) is 3.29. The number of halogens is 1. The number of rotatable bonds is 4. The smallest absolute Gasteiger partial charge is 0.218 e. The minimum absolute atomic E-state index is 0.0963. The van der Waals surface area contributed by atoms with Gasteiger partial charge in [-0.15, -0.1) is 0 Å². The van der Waals surface area contributed by atoms with Crippen LogP contribution in [0.2, 0.25) is 0 Å². The van der Waals surface area contributed by atoms with Crippen LogP contribution in [-0.2, 0) is 4.74 Å². The van der Waals surface area contributed by atoms with Gasteiger partial charge < -0.3 is 20.1 Å². The molecule has 2 aliphatic heterocycles. The fraction of sp³-hybridized carbons (Fsp3) is 0.444. The van der Waals surface area contributed by atoms with Crippen molar-refractivity contribution in [2.24, 2.45) is 0 Å². The molecular weight excluding hydrogens is 323 g/mol. The maximum Gasteiger partial charge on any atom is 0.218 e. The first-order valence-corrected chi connectivity index (χ1v) is 8.51. The zero-order chi connectivity index (χ0) is 17.2. The first kappa shape index (κ1) is 16.2. The van der Waals surface area contributed by atoms with Gasteiger partial charge in [0.05, 0.1) is 18.9 Å². The molecule has 2 atom stereocenters. The monoisotopic (exact) mass is 344 g/mol. The number of nitrogens with zero attached hydrogens (tertiary/aromatic N) is 2. The number of fused-ring (bicyclic) bond motifs is 2. The summed E-state index contributed by atoms with van der Waals surface area (Å²) in [7, 11) is 0. The first-order chi connectivity index (χ1) is 12.2. The van der Waals surface area contributed by atoms with E-state index in [1.165, 1.54) is 12.4 Å². The normalized spacial score (nSPS) is 25.4. The van der Waals surface area contributed by atoms with Crippen molar-refractivity contribution in [1.82, 2.24) is 15.3 Å². The lowest BCUT2D eigenvalue weighted by atomic mass is 9.95. The molecule has 25 heavy (non-hydrogen) atoms. The van der Waals surface area contributed by atoms with E-state index in [4.69, 9.17) is 9.47 Å². The highest BCUT2D eigenvalue weighted by molar-refractivity contribution is 5.57. The van der Waals surface area contributed by atoms with Crippen molar-refractivity contribution >= 4 is 11.5 Å². The first-order valence-electron chi connectivity index (χ1n) is 8.51. The molecule has 2 aromatic rings. The predicted octanol–water partition coefficient (Wildman–Crippen LogP) is 2.57. The van der Waals surface area contributed by atoms with Crippen LogP contribution in [0.3, 0.4) is 0 Å². The number of benzene rings is 1. The van der Waals surface area contributed by atoms with E-state index in [2.05, 4.69) is 20.6 Å². The summed E-state index contributed by atoms with van der Waals surface area (Å²) in [6, 6.07) is 7.39. The number of ether oxygens (including phenoxy) is 2. The summed E-state index contributed by atoms with van der Waals surface area (Å²) in [5.74, 6) is 0.688. The zero-order valence-corrected chi connectivity index (χ0v) is 14.0. The third-order valence-corrected chi connectivity index (χ3v) is 4.52. The molecule has 0 radical (unpaired) electrons. The second kappa shape index (κ2) is 6.93. The van der Waals surface area contributed by atoms with Crippen LogP contribution >= 0.6 is 0 Å². The Balaban J connectivity index is 1.44. The molecule has 0 amide bonds. The lowest BCUT2D eigenvalue weighted by Crippen LogP contribution is -2.56. The molecule has 2 N–H and O–H groups in total. The molecule has 4 rings (SSSR count). The summed E-state index contributed by atoms with van der Waals surface area (Å²) in [5.41, 5.74) is 1.25. The number of piperidine rings is 1. The minimum Gasteiger partial charge on any atom is -0.474 e. The molecule has 0 saturated carbocycles. The van der Waals surface area contributed by atoms with E-state index in [9.17, 15) is 4.39 Å². The highest BCUT2D eigenvalue weighted by Gasteiger charge is 2.33. The van der Waals surface area contributed by atoms with Crippen LogP contribution in [0, 0.1) is 12.7 Å². The predicted molar refractivity (Wildman–Crippen MR) is 91.6 cm³/mol. The summed E-state index contributed by atoms with van der Waals surface area (Å²) in [5, 5.41) is 6.51. The maximum absolute atomic E-state index is 14.0. The fourth-order valence-corrected chi connectivity index (χ4v) is 3.38. The van der Waals surface area contributed by atoms with Gasteiger partial charge in [0.15, 0.2) is 0 Å². The molecule has 2 fully saturated rings. The summed E-state index contributed by atoms with van der Waals surface area (Å²) >= 11 is 0. The van der Waals surface area contributed by atoms with Gasteiger partial charge in [0.25, 0.3) is 0 Å². The number of aryl methyl sites for hydroxylation is 1. The van der Waals surface area contributed by atoms with E-state index in [1.807, 2.05) is 13.0 Å². The summed E-state index contributed by atoms with van der Waals surface area (Å²) in [6.07, 6.45) is 3.29. The molecule has 7 heteroatoms. The molecule has 2 bridgehead atoms. The van der Waals surface area contributed by atoms with Crippen molar-refractivity contribution in [1.29, 1.82) is 0 Å². The van der Waals surface area contributed by atoms with Crippen LogP contribution in [0.25, 0.3) is 0 Å². The van der Waals surface area contributed by atoms with E-state index in [-0.39, 0.29) is 11.9 Å². The molecule has 2 saturated heterocycles. The molecule has 2 aliphatic rings. The zero-order valence-electron chi connectivity index (χ0n) is 14.0. The standard InChI is InChI=1S/C18H21FN4O2/c1-11-2-3-16(15(19)4-11)23-17-7-18(21-10-20-17)25-14-5-12-8-24-9-13(6-14)22-12/h2-4,7,10,12-14,22H,5-6,8-9H2,1H3,(H,20,21,23). The second-order valence-corrected chi connectivity index (χ2v) is 6.66. The third kappa shape index (κ3) is 3.88. The lowest BCUT2D eigenvalue weighted by Gasteiger charge is -2.39. The van der Waals surface area contributed by atoms with Crippen molar-refractivity contribution in [3.05, 3.63) is 42.0 Å². The van der Waals surface area contributed by atoms with Gasteiger partial charge in [-0.2, -0.15) is 0 Å². The largest absolute Gasteiger partial charge is 0.474 e. The Hall–Kier alpha value is -2.25. The van der Waals surface area contributed by atoms with Gasteiger partial charge in [-0.3, -0.25) is 0 Å². The molecule has 2 unspecified atom stereocenters. The van der Waals surface area contributed by atoms with E-state index >= 15 is 0 Å². The van der Waals surface area contributed by atoms with E-state index < -0.39 is 0 Å². The minimum atomic E-state index is -0.313. The van der Waals surface area contributed by atoms with Crippen LogP contribution in [0.15, 0.2) is 30.6 Å². The van der Waals surface area contributed by atoms with Gasteiger partial charge in [-0.05, 0) is 24.6 Å².